The molecular weight excluding hydrogens is 316 g/mol. The van der Waals surface area contributed by atoms with E-state index >= 15 is 0 Å². The molecule has 0 aliphatic heterocycles. The van der Waals surface area contributed by atoms with Gasteiger partial charge in [-0.25, -0.2) is 27.1 Å². The van der Waals surface area contributed by atoms with Gasteiger partial charge >= 0.3 is 5.97 Å². The second kappa shape index (κ2) is 6.20. The number of benzene rings is 2. The van der Waals surface area contributed by atoms with Crippen molar-refractivity contribution in [3.05, 3.63) is 65.2 Å². The van der Waals surface area contributed by atoms with Crippen LogP contribution in [0.1, 0.15) is 15.9 Å². The van der Waals surface area contributed by atoms with Gasteiger partial charge in [0.1, 0.15) is 6.61 Å². The van der Waals surface area contributed by atoms with Gasteiger partial charge in [-0.1, -0.05) is 12.1 Å². The molecular formula is C14H11F2NO4S. The number of hydrogen-bond donors (Lipinski definition) is 1. The van der Waals surface area contributed by atoms with Crippen LogP contribution in [0.3, 0.4) is 0 Å². The molecule has 0 aromatic heterocycles. The topological polar surface area (TPSA) is 86.5 Å². The van der Waals surface area contributed by atoms with E-state index in [4.69, 9.17) is 9.88 Å². The number of esters is 1. The number of carbonyl (C=O) groups excluding carboxylic acids is 1. The zero-order valence-electron chi connectivity index (χ0n) is 11.1. The third-order valence-corrected chi connectivity index (χ3v) is 3.74. The minimum atomic E-state index is -3.85. The smallest absolute Gasteiger partial charge is 0.338 e. The Hall–Kier alpha value is -2.32. The summed E-state index contributed by atoms with van der Waals surface area (Å²) in [5.41, 5.74) is -0.0429. The van der Waals surface area contributed by atoms with Crippen LogP contribution in [0.4, 0.5) is 8.78 Å². The van der Waals surface area contributed by atoms with E-state index in [-0.39, 0.29) is 16.0 Å². The highest BCUT2D eigenvalue weighted by Crippen LogP contribution is 2.14. The molecule has 0 radical (unpaired) electrons. The first-order valence-corrected chi connectivity index (χ1v) is 7.56. The van der Waals surface area contributed by atoms with Gasteiger partial charge in [0.15, 0.2) is 11.6 Å². The third kappa shape index (κ3) is 3.66. The predicted octanol–water partition coefficient (Wildman–Crippen LogP) is 1.97. The van der Waals surface area contributed by atoms with Crippen LogP contribution in [0.15, 0.2) is 47.4 Å². The summed E-state index contributed by atoms with van der Waals surface area (Å²) in [6, 6.07) is 8.25. The summed E-state index contributed by atoms with van der Waals surface area (Å²) < 4.78 is 53.4. The molecule has 0 atom stereocenters. The molecule has 0 heterocycles. The summed E-state index contributed by atoms with van der Waals surface area (Å²) in [7, 11) is -3.85. The Labute approximate surface area is 125 Å². The summed E-state index contributed by atoms with van der Waals surface area (Å²) >= 11 is 0. The van der Waals surface area contributed by atoms with Crippen molar-refractivity contribution >= 4 is 16.0 Å². The van der Waals surface area contributed by atoms with Gasteiger partial charge < -0.3 is 4.74 Å². The molecule has 0 bridgehead atoms. The molecule has 2 rings (SSSR count). The lowest BCUT2D eigenvalue weighted by atomic mass is 10.2. The fourth-order valence-electron chi connectivity index (χ4n) is 1.67. The predicted molar refractivity (Wildman–Crippen MR) is 73.3 cm³/mol. The van der Waals surface area contributed by atoms with E-state index in [1.807, 2.05) is 0 Å². The molecule has 0 spiro atoms. The maximum Gasteiger partial charge on any atom is 0.338 e. The Morgan fingerprint density at radius 1 is 1.09 bits per heavy atom. The number of hydrogen-bond acceptors (Lipinski definition) is 4. The van der Waals surface area contributed by atoms with E-state index in [0.29, 0.717) is 0 Å². The van der Waals surface area contributed by atoms with Crippen LogP contribution in [0, 0.1) is 11.6 Å². The van der Waals surface area contributed by atoms with Crippen molar-refractivity contribution in [1.82, 2.24) is 0 Å². The first-order chi connectivity index (χ1) is 10.3. The molecule has 0 fully saturated rings. The monoisotopic (exact) mass is 327 g/mol. The number of carbonyl (C=O) groups is 1. The number of ether oxygens (including phenoxy) is 1. The van der Waals surface area contributed by atoms with Crippen molar-refractivity contribution in [3.63, 3.8) is 0 Å². The highest BCUT2D eigenvalue weighted by atomic mass is 32.2. The molecule has 0 unspecified atom stereocenters. The lowest BCUT2D eigenvalue weighted by molar-refractivity contribution is 0.0468. The minimum Gasteiger partial charge on any atom is -0.457 e. The molecule has 0 aliphatic rings. The van der Waals surface area contributed by atoms with Gasteiger partial charge in [0, 0.05) is 5.56 Å². The van der Waals surface area contributed by atoms with Gasteiger partial charge in [-0.3, -0.25) is 0 Å². The second-order valence-electron chi connectivity index (χ2n) is 4.36. The van der Waals surface area contributed by atoms with Gasteiger partial charge in [-0.05, 0) is 30.3 Å². The average molecular weight is 327 g/mol. The number of primary sulfonamides is 1. The van der Waals surface area contributed by atoms with Crippen molar-refractivity contribution in [2.24, 2.45) is 5.14 Å². The van der Waals surface area contributed by atoms with E-state index in [9.17, 15) is 22.0 Å². The van der Waals surface area contributed by atoms with E-state index in [0.717, 1.165) is 18.2 Å². The SMILES string of the molecule is NS(=O)(=O)c1ccc(C(=O)OCc2cccc(F)c2F)cc1. The van der Waals surface area contributed by atoms with Crippen molar-refractivity contribution in [1.29, 1.82) is 0 Å². The molecule has 0 aliphatic carbocycles. The standard InChI is InChI=1S/C14H11F2NO4S/c15-12-3-1-2-10(13(12)16)8-21-14(18)9-4-6-11(7-5-9)22(17,19)20/h1-7H,8H2,(H2,17,19,20). The van der Waals surface area contributed by atoms with Gasteiger partial charge in [-0.2, -0.15) is 0 Å². The normalized spacial score (nSPS) is 11.2. The Balaban J connectivity index is 2.08. The van der Waals surface area contributed by atoms with Crippen molar-refractivity contribution in [3.8, 4) is 0 Å². The van der Waals surface area contributed by atoms with E-state index in [1.54, 1.807) is 0 Å². The van der Waals surface area contributed by atoms with E-state index in [1.165, 1.54) is 24.3 Å². The van der Waals surface area contributed by atoms with Crippen LogP contribution in [-0.2, 0) is 21.4 Å². The molecule has 2 aromatic carbocycles. The summed E-state index contributed by atoms with van der Waals surface area (Å²) in [4.78, 5) is 11.6. The number of rotatable bonds is 4. The average Bonchev–Trinajstić information content (AvgIpc) is 2.48. The van der Waals surface area contributed by atoms with Gasteiger partial charge in [0.2, 0.25) is 10.0 Å². The van der Waals surface area contributed by atoms with Crippen LogP contribution in [0.5, 0.6) is 0 Å². The van der Waals surface area contributed by atoms with Crippen molar-refractivity contribution < 1.29 is 26.7 Å². The van der Waals surface area contributed by atoms with E-state index in [2.05, 4.69) is 0 Å². The van der Waals surface area contributed by atoms with Gasteiger partial charge in [0.25, 0.3) is 0 Å². The zero-order chi connectivity index (χ0) is 16.3. The van der Waals surface area contributed by atoms with Crippen LogP contribution in [0.25, 0.3) is 0 Å². The summed E-state index contributed by atoms with van der Waals surface area (Å²) in [5, 5.41) is 4.93. The summed E-state index contributed by atoms with van der Waals surface area (Å²) in [6.07, 6.45) is 0. The highest BCUT2D eigenvalue weighted by molar-refractivity contribution is 7.89. The molecule has 22 heavy (non-hydrogen) atoms. The quantitative estimate of drug-likeness (QED) is 0.870. The molecule has 0 saturated heterocycles. The fraction of sp³-hybridized carbons (Fsp3) is 0.0714. The lowest BCUT2D eigenvalue weighted by Crippen LogP contribution is -2.12. The third-order valence-electron chi connectivity index (χ3n) is 2.81. The summed E-state index contributed by atoms with van der Waals surface area (Å²) in [6.45, 7) is -0.445. The Bertz CT molecular complexity index is 804. The second-order valence-corrected chi connectivity index (χ2v) is 5.92. The number of sulfonamides is 1. The van der Waals surface area contributed by atoms with E-state index < -0.39 is 34.2 Å². The van der Waals surface area contributed by atoms with Gasteiger partial charge in [-0.15, -0.1) is 0 Å². The highest BCUT2D eigenvalue weighted by Gasteiger charge is 2.13. The zero-order valence-corrected chi connectivity index (χ0v) is 11.9. The van der Waals surface area contributed by atoms with Gasteiger partial charge in [0.05, 0.1) is 10.5 Å². The largest absolute Gasteiger partial charge is 0.457 e. The first-order valence-electron chi connectivity index (χ1n) is 6.02. The molecule has 116 valence electrons. The molecule has 2 N–H and O–H groups in total. The van der Waals surface area contributed by atoms with Crippen LogP contribution in [0.2, 0.25) is 0 Å². The minimum absolute atomic E-state index is 0.0595. The molecule has 2 aromatic rings. The molecule has 0 amide bonds. The number of halogens is 2. The number of nitrogens with two attached hydrogens (primary N) is 1. The molecule has 8 heteroatoms. The van der Waals surface area contributed by atoms with Crippen molar-refractivity contribution in [2.75, 3.05) is 0 Å². The molecule has 0 saturated carbocycles. The molecule has 5 nitrogen and oxygen atoms in total. The van der Waals surface area contributed by atoms with Crippen molar-refractivity contribution in [2.45, 2.75) is 11.5 Å². The Kier molecular flexibility index (Phi) is 4.53. The Morgan fingerprint density at radius 3 is 2.32 bits per heavy atom. The fourth-order valence-corrected chi connectivity index (χ4v) is 2.18. The Morgan fingerprint density at radius 2 is 1.73 bits per heavy atom. The first kappa shape index (κ1) is 16.1. The summed E-state index contributed by atoms with van der Waals surface area (Å²) in [5.74, 6) is -2.92. The maximum absolute atomic E-state index is 13.4. The van der Waals surface area contributed by atoms with Crippen LogP contribution in [-0.4, -0.2) is 14.4 Å². The van der Waals surface area contributed by atoms with Crippen LogP contribution < -0.4 is 5.14 Å². The van der Waals surface area contributed by atoms with Crippen LogP contribution >= 0.6 is 0 Å². The maximum atomic E-state index is 13.4. The lowest BCUT2D eigenvalue weighted by Gasteiger charge is -2.07.